The minimum absolute atomic E-state index is 0.0601. The van der Waals surface area contributed by atoms with E-state index in [0.717, 1.165) is 21.8 Å². The lowest BCUT2D eigenvalue weighted by Gasteiger charge is -2.11. The molecule has 2 aromatic rings. The molecule has 2 nitrogen and oxygen atoms in total. The van der Waals surface area contributed by atoms with Gasteiger partial charge in [0.1, 0.15) is 0 Å². The number of hydrogen-bond donors (Lipinski definition) is 1. The van der Waals surface area contributed by atoms with E-state index < -0.39 is 0 Å². The van der Waals surface area contributed by atoms with Crippen molar-refractivity contribution in [2.24, 2.45) is 5.92 Å². The molecule has 0 amide bonds. The molecule has 0 fully saturated rings. The van der Waals surface area contributed by atoms with Crippen LogP contribution in [0.4, 0.5) is 5.69 Å². The number of benzene rings is 2. The van der Waals surface area contributed by atoms with Gasteiger partial charge in [0.05, 0.1) is 0 Å². The second-order valence-corrected chi connectivity index (χ2v) is 6.72. The van der Waals surface area contributed by atoms with Crippen molar-refractivity contribution in [3.63, 3.8) is 0 Å². The number of hydrogen-bond acceptors (Lipinski definition) is 3. The van der Waals surface area contributed by atoms with Gasteiger partial charge in [-0.25, -0.2) is 0 Å². The molecule has 0 aliphatic rings. The van der Waals surface area contributed by atoms with Crippen LogP contribution in [0.25, 0.3) is 0 Å². The molecule has 0 atom stereocenters. The third kappa shape index (κ3) is 4.11. The van der Waals surface area contributed by atoms with E-state index in [0.29, 0.717) is 17.2 Å². The van der Waals surface area contributed by atoms with E-state index >= 15 is 0 Å². The largest absolute Gasteiger partial charge is 0.399 e. The molecule has 0 bridgehead atoms. The minimum Gasteiger partial charge on any atom is -0.399 e. The first-order valence-corrected chi connectivity index (χ1v) is 8.09. The standard InChI is InChI=1S/C18H21NOS/c1-12(2)11-21-17-9-4-13(3)10-16(17)18(20)14-5-7-15(19)8-6-14/h4-10,12H,11,19H2,1-3H3. The zero-order valence-electron chi connectivity index (χ0n) is 12.7. The SMILES string of the molecule is Cc1ccc(SCC(C)C)c(C(=O)c2ccc(N)cc2)c1. The van der Waals surface area contributed by atoms with Crippen LogP contribution < -0.4 is 5.73 Å². The number of nitrogens with two attached hydrogens (primary N) is 1. The van der Waals surface area contributed by atoms with Crippen molar-refractivity contribution in [1.29, 1.82) is 0 Å². The van der Waals surface area contributed by atoms with Crippen molar-refractivity contribution in [1.82, 2.24) is 0 Å². The lowest BCUT2D eigenvalue weighted by atomic mass is 10.0. The van der Waals surface area contributed by atoms with Crippen molar-refractivity contribution < 1.29 is 4.79 Å². The summed E-state index contributed by atoms with van der Waals surface area (Å²) in [6.07, 6.45) is 0. The maximum atomic E-state index is 12.7. The van der Waals surface area contributed by atoms with E-state index in [9.17, 15) is 4.79 Å². The third-order valence-corrected chi connectivity index (χ3v) is 4.63. The van der Waals surface area contributed by atoms with Crippen molar-refractivity contribution >= 4 is 23.2 Å². The molecule has 0 spiro atoms. The summed E-state index contributed by atoms with van der Waals surface area (Å²) in [5.74, 6) is 1.66. The molecular formula is C18H21NOS. The summed E-state index contributed by atoms with van der Waals surface area (Å²) in [4.78, 5) is 13.8. The molecule has 0 saturated heterocycles. The van der Waals surface area contributed by atoms with Gasteiger partial charge < -0.3 is 5.73 Å². The number of carbonyl (C=O) groups is 1. The number of ketones is 1. The van der Waals surface area contributed by atoms with Crippen LogP contribution in [0.2, 0.25) is 0 Å². The summed E-state index contributed by atoms with van der Waals surface area (Å²) in [6, 6.07) is 13.2. The van der Waals surface area contributed by atoms with Crippen molar-refractivity contribution in [3.05, 3.63) is 59.2 Å². The molecule has 0 saturated carbocycles. The highest BCUT2D eigenvalue weighted by atomic mass is 32.2. The molecule has 2 aromatic carbocycles. The first kappa shape index (κ1) is 15.6. The van der Waals surface area contributed by atoms with Gasteiger partial charge in [-0.15, -0.1) is 11.8 Å². The molecule has 3 heteroatoms. The van der Waals surface area contributed by atoms with E-state index in [4.69, 9.17) is 5.73 Å². The van der Waals surface area contributed by atoms with Gasteiger partial charge in [-0.3, -0.25) is 4.79 Å². The summed E-state index contributed by atoms with van der Waals surface area (Å²) in [5, 5.41) is 0. The Balaban J connectivity index is 2.34. The topological polar surface area (TPSA) is 43.1 Å². The first-order chi connectivity index (χ1) is 9.97. The van der Waals surface area contributed by atoms with Gasteiger partial charge >= 0.3 is 0 Å². The summed E-state index contributed by atoms with van der Waals surface area (Å²) in [5.41, 5.74) is 8.92. The Morgan fingerprint density at radius 2 is 1.81 bits per heavy atom. The number of rotatable bonds is 5. The highest BCUT2D eigenvalue weighted by molar-refractivity contribution is 7.99. The smallest absolute Gasteiger partial charge is 0.194 e. The van der Waals surface area contributed by atoms with Crippen LogP contribution >= 0.6 is 11.8 Å². The molecule has 0 unspecified atom stereocenters. The van der Waals surface area contributed by atoms with Crippen LogP contribution in [-0.2, 0) is 0 Å². The average molecular weight is 299 g/mol. The van der Waals surface area contributed by atoms with Crippen molar-refractivity contribution in [3.8, 4) is 0 Å². The van der Waals surface area contributed by atoms with Crippen LogP contribution in [0.3, 0.4) is 0 Å². The number of aryl methyl sites for hydroxylation is 1. The first-order valence-electron chi connectivity index (χ1n) is 7.11. The molecule has 0 radical (unpaired) electrons. The van der Waals surface area contributed by atoms with Gasteiger partial charge in [0, 0.05) is 27.5 Å². The molecule has 2 N–H and O–H groups in total. The lowest BCUT2D eigenvalue weighted by molar-refractivity contribution is 0.103. The van der Waals surface area contributed by atoms with Crippen LogP contribution in [0.5, 0.6) is 0 Å². The van der Waals surface area contributed by atoms with E-state index in [1.807, 2.05) is 19.1 Å². The molecule has 0 aliphatic heterocycles. The number of anilines is 1. The van der Waals surface area contributed by atoms with Crippen molar-refractivity contribution in [2.75, 3.05) is 11.5 Å². The predicted octanol–water partition coefficient (Wildman–Crippen LogP) is 4.56. The molecule has 110 valence electrons. The molecule has 2 rings (SSSR count). The fraction of sp³-hybridized carbons (Fsp3) is 0.278. The predicted molar refractivity (Wildman–Crippen MR) is 91.0 cm³/mol. The van der Waals surface area contributed by atoms with Gasteiger partial charge in [-0.1, -0.05) is 25.5 Å². The second kappa shape index (κ2) is 6.81. The Labute approximate surface area is 130 Å². The number of thioether (sulfide) groups is 1. The second-order valence-electron chi connectivity index (χ2n) is 5.66. The lowest BCUT2D eigenvalue weighted by Crippen LogP contribution is -2.04. The third-order valence-electron chi connectivity index (χ3n) is 3.12. The van der Waals surface area contributed by atoms with Crippen LogP contribution in [0.15, 0.2) is 47.4 Å². The van der Waals surface area contributed by atoms with Gasteiger partial charge in [0.2, 0.25) is 0 Å². The van der Waals surface area contributed by atoms with E-state index in [1.165, 1.54) is 0 Å². The van der Waals surface area contributed by atoms with E-state index in [2.05, 4.69) is 19.9 Å². The summed E-state index contributed by atoms with van der Waals surface area (Å²) >= 11 is 1.74. The minimum atomic E-state index is 0.0601. The molecule has 0 aromatic heterocycles. The van der Waals surface area contributed by atoms with Crippen LogP contribution in [-0.4, -0.2) is 11.5 Å². The molecule has 21 heavy (non-hydrogen) atoms. The van der Waals surface area contributed by atoms with Crippen molar-refractivity contribution in [2.45, 2.75) is 25.7 Å². The van der Waals surface area contributed by atoms with Gasteiger partial charge in [-0.05, 0) is 49.2 Å². The average Bonchev–Trinajstić information content (AvgIpc) is 2.46. The molecule has 0 heterocycles. The summed E-state index contributed by atoms with van der Waals surface area (Å²) < 4.78 is 0. The Hall–Kier alpha value is -1.74. The Morgan fingerprint density at radius 1 is 1.14 bits per heavy atom. The Kier molecular flexibility index (Phi) is 5.07. The monoisotopic (exact) mass is 299 g/mol. The van der Waals surface area contributed by atoms with Crippen LogP contribution in [0.1, 0.15) is 35.3 Å². The fourth-order valence-corrected chi connectivity index (χ4v) is 2.98. The summed E-state index contributed by atoms with van der Waals surface area (Å²) in [6.45, 7) is 6.38. The maximum absolute atomic E-state index is 12.7. The number of carbonyl (C=O) groups excluding carboxylic acids is 1. The zero-order chi connectivity index (χ0) is 15.4. The molecular weight excluding hydrogens is 278 g/mol. The molecule has 0 aliphatic carbocycles. The quantitative estimate of drug-likeness (QED) is 0.500. The zero-order valence-corrected chi connectivity index (χ0v) is 13.5. The highest BCUT2D eigenvalue weighted by Crippen LogP contribution is 2.27. The fourth-order valence-electron chi connectivity index (χ4n) is 1.99. The highest BCUT2D eigenvalue weighted by Gasteiger charge is 2.14. The van der Waals surface area contributed by atoms with E-state index in [-0.39, 0.29) is 5.78 Å². The van der Waals surface area contributed by atoms with Gasteiger partial charge in [-0.2, -0.15) is 0 Å². The number of nitrogen functional groups attached to an aromatic ring is 1. The van der Waals surface area contributed by atoms with Gasteiger partial charge in [0.15, 0.2) is 5.78 Å². The Morgan fingerprint density at radius 3 is 2.43 bits per heavy atom. The maximum Gasteiger partial charge on any atom is 0.194 e. The van der Waals surface area contributed by atoms with Gasteiger partial charge in [0.25, 0.3) is 0 Å². The van der Waals surface area contributed by atoms with E-state index in [1.54, 1.807) is 36.0 Å². The van der Waals surface area contributed by atoms with Crippen LogP contribution in [0, 0.1) is 12.8 Å². The normalized spacial score (nSPS) is 10.9. The Bertz CT molecular complexity index is 632. The summed E-state index contributed by atoms with van der Waals surface area (Å²) in [7, 11) is 0.